The third-order valence-electron chi connectivity index (χ3n) is 4.44. The molecule has 3 N–H and O–H groups in total. The predicted molar refractivity (Wildman–Crippen MR) is 116 cm³/mol. The van der Waals surface area contributed by atoms with Crippen LogP contribution in [-0.4, -0.2) is 31.0 Å². The van der Waals surface area contributed by atoms with Gasteiger partial charge in [0.15, 0.2) is 0 Å². The van der Waals surface area contributed by atoms with Gasteiger partial charge in [0.1, 0.15) is 11.8 Å². The quantitative estimate of drug-likeness (QED) is 0.572. The largest absolute Gasteiger partial charge is 0.494 e. The van der Waals surface area contributed by atoms with Crippen molar-refractivity contribution in [1.82, 2.24) is 10.6 Å². The number of carbonyl (C=O) groups is 2. The second-order valence-electron chi connectivity index (χ2n) is 7.12. The van der Waals surface area contributed by atoms with Crippen molar-refractivity contribution in [3.8, 4) is 5.75 Å². The second kappa shape index (κ2) is 11.2. The molecule has 0 saturated heterocycles. The van der Waals surface area contributed by atoms with Crippen LogP contribution in [0.15, 0.2) is 48.5 Å². The lowest BCUT2D eigenvalue weighted by atomic mass is 10.0. The molecule has 156 valence electrons. The summed E-state index contributed by atoms with van der Waals surface area (Å²) in [6.45, 7) is 9.95. The van der Waals surface area contributed by atoms with Crippen molar-refractivity contribution in [2.75, 3.05) is 18.5 Å². The standard InChI is InChI=1S/C23H31N3O3/c1-5-24-15-17-8-7-9-19(14-17)25-23(28)21(16(3)4)26-22(27)18-10-12-20(13-11-18)29-6-2/h7-14,16,21,24H,5-6,15H2,1-4H3,(H,25,28)(H,26,27). The zero-order valence-electron chi connectivity index (χ0n) is 17.6. The molecule has 0 aromatic heterocycles. The van der Waals surface area contributed by atoms with Gasteiger partial charge in [0.2, 0.25) is 5.91 Å². The van der Waals surface area contributed by atoms with Gasteiger partial charge in [0.05, 0.1) is 6.61 Å². The molecule has 0 fully saturated rings. The van der Waals surface area contributed by atoms with E-state index in [9.17, 15) is 9.59 Å². The third-order valence-corrected chi connectivity index (χ3v) is 4.44. The fourth-order valence-corrected chi connectivity index (χ4v) is 2.88. The number of benzene rings is 2. The number of hydrogen-bond donors (Lipinski definition) is 3. The van der Waals surface area contributed by atoms with Crippen molar-refractivity contribution < 1.29 is 14.3 Å². The van der Waals surface area contributed by atoms with Gasteiger partial charge in [0, 0.05) is 17.8 Å². The number of hydrogen-bond acceptors (Lipinski definition) is 4. The highest BCUT2D eigenvalue weighted by molar-refractivity contribution is 6.01. The molecular weight excluding hydrogens is 366 g/mol. The van der Waals surface area contributed by atoms with E-state index >= 15 is 0 Å². The molecule has 0 aliphatic carbocycles. The number of amides is 2. The van der Waals surface area contributed by atoms with Gasteiger partial charge in [-0.15, -0.1) is 0 Å². The van der Waals surface area contributed by atoms with E-state index in [-0.39, 0.29) is 17.7 Å². The van der Waals surface area contributed by atoms with Crippen molar-refractivity contribution in [3.63, 3.8) is 0 Å². The number of anilines is 1. The van der Waals surface area contributed by atoms with Crippen LogP contribution in [0.1, 0.15) is 43.6 Å². The normalized spacial score (nSPS) is 11.8. The Hall–Kier alpha value is -2.86. The first-order valence-electron chi connectivity index (χ1n) is 10.1. The van der Waals surface area contributed by atoms with Crippen LogP contribution in [0, 0.1) is 5.92 Å². The van der Waals surface area contributed by atoms with E-state index in [0.717, 1.165) is 18.7 Å². The smallest absolute Gasteiger partial charge is 0.251 e. The molecule has 6 heteroatoms. The summed E-state index contributed by atoms with van der Waals surface area (Å²) in [5.74, 6) is 0.119. The average molecular weight is 398 g/mol. The van der Waals surface area contributed by atoms with E-state index in [2.05, 4.69) is 16.0 Å². The highest BCUT2D eigenvalue weighted by Gasteiger charge is 2.25. The van der Waals surface area contributed by atoms with Crippen molar-refractivity contribution in [3.05, 3.63) is 59.7 Å². The molecule has 2 aromatic rings. The first-order chi connectivity index (χ1) is 13.9. The van der Waals surface area contributed by atoms with Gasteiger partial charge in [-0.05, 0) is 61.3 Å². The molecule has 0 spiro atoms. The first-order valence-corrected chi connectivity index (χ1v) is 10.1. The molecular formula is C23H31N3O3. The molecule has 0 heterocycles. The lowest BCUT2D eigenvalue weighted by Gasteiger charge is -2.22. The minimum absolute atomic E-state index is 0.0633. The summed E-state index contributed by atoms with van der Waals surface area (Å²) < 4.78 is 5.40. The monoisotopic (exact) mass is 397 g/mol. The first kappa shape index (κ1) is 22.4. The number of ether oxygens (including phenoxy) is 1. The van der Waals surface area contributed by atoms with Gasteiger partial charge in [0.25, 0.3) is 5.91 Å². The molecule has 2 rings (SSSR count). The molecule has 2 aromatic carbocycles. The highest BCUT2D eigenvalue weighted by Crippen LogP contribution is 2.15. The zero-order valence-corrected chi connectivity index (χ0v) is 17.6. The average Bonchev–Trinajstić information content (AvgIpc) is 2.71. The Labute approximate surface area is 173 Å². The SMILES string of the molecule is CCNCc1cccc(NC(=O)C(NC(=O)c2ccc(OCC)cc2)C(C)C)c1. The van der Waals surface area contributed by atoms with Gasteiger partial charge in [-0.2, -0.15) is 0 Å². The minimum Gasteiger partial charge on any atom is -0.494 e. The van der Waals surface area contributed by atoms with Crippen LogP contribution >= 0.6 is 0 Å². The van der Waals surface area contributed by atoms with Crippen molar-refractivity contribution in [2.24, 2.45) is 5.92 Å². The highest BCUT2D eigenvalue weighted by atomic mass is 16.5. The van der Waals surface area contributed by atoms with Crippen LogP contribution < -0.4 is 20.7 Å². The summed E-state index contributed by atoms with van der Waals surface area (Å²) in [6.07, 6.45) is 0. The van der Waals surface area contributed by atoms with Crippen LogP contribution in [0.4, 0.5) is 5.69 Å². The fraction of sp³-hybridized carbons (Fsp3) is 0.391. The Morgan fingerprint density at radius 3 is 2.38 bits per heavy atom. The summed E-state index contributed by atoms with van der Waals surface area (Å²) in [6, 6.07) is 13.9. The van der Waals surface area contributed by atoms with Crippen LogP contribution in [-0.2, 0) is 11.3 Å². The van der Waals surface area contributed by atoms with Crippen LogP contribution in [0.3, 0.4) is 0 Å². The molecule has 6 nitrogen and oxygen atoms in total. The zero-order chi connectivity index (χ0) is 21.2. The van der Waals surface area contributed by atoms with Crippen molar-refractivity contribution in [2.45, 2.75) is 40.3 Å². The van der Waals surface area contributed by atoms with E-state index < -0.39 is 6.04 Å². The van der Waals surface area contributed by atoms with Crippen molar-refractivity contribution in [1.29, 1.82) is 0 Å². The van der Waals surface area contributed by atoms with E-state index in [4.69, 9.17) is 4.74 Å². The van der Waals surface area contributed by atoms with E-state index in [1.807, 2.05) is 52.0 Å². The van der Waals surface area contributed by atoms with Gasteiger partial charge in [-0.3, -0.25) is 9.59 Å². The molecule has 0 saturated carbocycles. The molecule has 0 aliphatic heterocycles. The Bertz CT molecular complexity index is 803. The topological polar surface area (TPSA) is 79.5 Å². The summed E-state index contributed by atoms with van der Waals surface area (Å²) in [7, 11) is 0. The van der Waals surface area contributed by atoms with Gasteiger partial charge in [-0.25, -0.2) is 0 Å². The molecule has 1 atom stereocenters. The van der Waals surface area contributed by atoms with Gasteiger partial charge in [-0.1, -0.05) is 32.9 Å². The lowest BCUT2D eigenvalue weighted by Crippen LogP contribution is -2.47. The third kappa shape index (κ3) is 6.91. The van der Waals surface area contributed by atoms with Crippen LogP contribution in [0.5, 0.6) is 5.75 Å². The maximum absolute atomic E-state index is 12.8. The molecule has 0 bridgehead atoms. The fourth-order valence-electron chi connectivity index (χ4n) is 2.88. The minimum atomic E-state index is -0.647. The molecule has 0 aliphatic rings. The van der Waals surface area contributed by atoms with Crippen molar-refractivity contribution >= 4 is 17.5 Å². The number of nitrogens with one attached hydrogen (secondary N) is 3. The van der Waals surface area contributed by atoms with Gasteiger partial charge < -0.3 is 20.7 Å². The van der Waals surface area contributed by atoms with E-state index in [1.165, 1.54) is 0 Å². The van der Waals surface area contributed by atoms with Crippen LogP contribution in [0.25, 0.3) is 0 Å². The Morgan fingerprint density at radius 1 is 1.03 bits per heavy atom. The van der Waals surface area contributed by atoms with E-state index in [1.54, 1.807) is 24.3 Å². The van der Waals surface area contributed by atoms with E-state index in [0.29, 0.717) is 23.6 Å². The Balaban J connectivity index is 2.04. The maximum atomic E-state index is 12.8. The predicted octanol–water partition coefficient (Wildman–Crippen LogP) is 3.59. The summed E-state index contributed by atoms with van der Waals surface area (Å²) in [4.78, 5) is 25.4. The summed E-state index contributed by atoms with van der Waals surface area (Å²) >= 11 is 0. The molecule has 0 radical (unpaired) electrons. The number of carbonyl (C=O) groups excluding carboxylic acids is 2. The maximum Gasteiger partial charge on any atom is 0.251 e. The molecule has 2 amide bonds. The second-order valence-corrected chi connectivity index (χ2v) is 7.12. The Kier molecular flexibility index (Phi) is 8.68. The molecule has 1 unspecified atom stereocenters. The summed E-state index contributed by atoms with van der Waals surface area (Å²) in [5.41, 5.74) is 2.29. The number of rotatable bonds is 10. The van der Waals surface area contributed by atoms with Gasteiger partial charge >= 0.3 is 0 Å². The lowest BCUT2D eigenvalue weighted by molar-refractivity contribution is -0.118. The molecule has 29 heavy (non-hydrogen) atoms. The van der Waals surface area contributed by atoms with Crippen LogP contribution in [0.2, 0.25) is 0 Å². The summed E-state index contributed by atoms with van der Waals surface area (Å²) in [5, 5.41) is 9.03. The Morgan fingerprint density at radius 2 is 1.76 bits per heavy atom.